The van der Waals surface area contributed by atoms with E-state index in [1.807, 2.05) is 30.5 Å². The van der Waals surface area contributed by atoms with E-state index in [1.165, 1.54) is 10.6 Å². The van der Waals surface area contributed by atoms with E-state index in [2.05, 4.69) is 6.58 Å². The molecular formula is C19H22N2O3S2. The number of amides is 1. The van der Waals surface area contributed by atoms with Gasteiger partial charge in [0, 0.05) is 23.0 Å². The molecule has 0 spiro atoms. The second-order valence-electron chi connectivity index (χ2n) is 6.51. The van der Waals surface area contributed by atoms with Gasteiger partial charge in [-0.15, -0.1) is 17.9 Å². The third kappa shape index (κ3) is 3.68. The molecule has 0 bridgehead atoms. The van der Waals surface area contributed by atoms with Crippen molar-refractivity contribution in [1.29, 1.82) is 0 Å². The highest BCUT2D eigenvalue weighted by Gasteiger charge is 2.33. The lowest BCUT2D eigenvalue weighted by Crippen LogP contribution is -2.34. The number of sulfonamides is 1. The third-order valence-corrected chi connectivity index (χ3v) is 6.53. The summed E-state index contributed by atoms with van der Waals surface area (Å²) in [5.74, 6) is -0.0773. The quantitative estimate of drug-likeness (QED) is 0.711. The minimum atomic E-state index is -3.33. The smallest absolute Gasteiger partial charge is 0.254 e. The molecule has 0 N–H and O–H groups in total. The van der Waals surface area contributed by atoms with Gasteiger partial charge < -0.3 is 4.90 Å². The SMILES string of the molecule is C=CCN(Cc1cccs1)C(=O)c1ccc2c(c1)CC(C)N2S(C)(=O)=O. The molecule has 1 aliphatic heterocycles. The van der Waals surface area contributed by atoms with Crippen LogP contribution in [-0.4, -0.2) is 38.1 Å². The molecule has 1 amide bonds. The maximum atomic E-state index is 13.0. The molecule has 1 aromatic heterocycles. The van der Waals surface area contributed by atoms with Gasteiger partial charge in [-0.2, -0.15) is 0 Å². The van der Waals surface area contributed by atoms with Crippen LogP contribution in [0, 0.1) is 0 Å². The van der Waals surface area contributed by atoms with Gasteiger partial charge in [0.2, 0.25) is 10.0 Å². The Bertz CT molecular complexity index is 920. The molecule has 1 atom stereocenters. The number of rotatable bonds is 6. The van der Waals surface area contributed by atoms with E-state index in [0.29, 0.717) is 30.8 Å². The number of anilines is 1. The van der Waals surface area contributed by atoms with Crippen LogP contribution in [0.15, 0.2) is 48.4 Å². The summed E-state index contributed by atoms with van der Waals surface area (Å²) < 4.78 is 25.5. The highest BCUT2D eigenvalue weighted by Crippen LogP contribution is 2.35. The zero-order valence-electron chi connectivity index (χ0n) is 14.9. The molecule has 7 heteroatoms. The first kappa shape index (κ1) is 18.7. The van der Waals surface area contributed by atoms with Crippen LogP contribution in [-0.2, 0) is 23.0 Å². The van der Waals surface area contributed by atoms with Crippen LogP contribution in [0.3, 0.4) is 0 Å². The van der Waals surface area contributed by atoms with Crippen molar-refractivity contribution >= 4 is 33.0 Å². The fourth-order valence-electron chi connectivity index (χ4n) is 3.39. The summed E-state index contributed by atoms with van der Waals surface area (Å²) in [6.45, 7) is 6.62. The predicted molar refractivity (Wildman–Crippen MR) is 106 cm³/mol. The van der Waals surface area contributed by atoms with Crippen molar-refractivity contribution in [2.75, 3.05) is 17.1 Å². The summed E-state index contributed by atoms with van der Waals surface area (Å²) in [5.41, 5.74) is 2.14. The summed E-state index contributed by atoms with van der Waals surface area (Å²) in [6, 6.07) is 9.10. The second-order valence-corrected chi connectivity index (χ2v) is 9.40. The molecular weight excluding hydrogens is 368 g/mol. The van der Waals surface area contributed by atoms with Gasteiger partial charge in [-0.25, -0.2) is 8.42 Å². The number of nitrogens with zero attached hydrogens (tertiary/aromatic N) is 2. The number of fused-ring (bicyclic) bond motifs is 1. The van der Waals surface area contributed by atoms with Crippen LogP contribution < -0.4 is 4.31 Å². The van der Waals surface area contributed by atoms with Crippen molar-refractivity contribution in [2.45, 2.75) is 25.9 Å². The predicted octanol–water partition coefficient (Wildman–Crippen LogP) is 3.29. The lowest BCUT2D eigenvalue weighted by molar-refractivity contribution is 0.0764. The molecule has 0 saturated heterocycles. The van der Waals surface area contributed by atoms with Crippen LogP contribution in [0.4, 0.5) is 5.69 Å². The van der Waals surface area contributed by atoms with Gasteiger partial charge in [0.15, 0.2) is 0 Å². The van der Waals surface area contributed by atoms with E-state index in [-0.39, 0.29) is 11.9 Å². The fourth-order valence-corrected chi connectivity index (χ4v) is 5.37. The summed E-state index contributed by atoms with van der Waals surface area (Å²) in [7, 11) is -3.33. The minimum Gasteiger partial charge on any atom is -0.330 e. The third-order valence-electron chi connectivity index (χ3n) is 4.40. The van der Waals surface area contributed by atoms with Gasteiger partial charge >= 0.3 is 0 Å². The Morgan fingerprint density at radius 3 is 2.81 bits per heavy atom. The van der Waals surface area contributed by atoms with Crippen LogP contribution in [0.1, 0.15) is 27.7 Å². The van der Waals surface area contributed by atoms with Crippen molar-refractivity contribution in [1.82, 2.24) is 4.90 Å². The van der Waals surface area contributed by atoms with E-state index in [4.69, 9.17) is 0 Å². The fraction of sp³-hybridized carbons (Fsp3) is 0.316. The highest BCUT2D eigenvalue weighted by atomic mass is 32.2. The molecule has 1 unspecified atom stereocenters. The Morgan fingerprint density at radius 1 is 1.42 bits per heavy atom. The maximum absolute atomic E-state index is 13.0. The van der Waals surface area contributed by atoms with Gasteiger partial charge in [-0.1, -0.05) is 12.1 Å². The number of benzene rings is 1. The lowest BCUT2D eigenvalue weighted by Gasteiger charge is -2.23. The number of carbonyl (C=O) groups excluding carboxylic acids is 1. The Balaban J connectivity index is 1.89. The molecule has 3 rings (SSSR count). The lowest BCUT2D eigenvalue weighted by atomic mass is 10.1. The van der Waals surface area contributed by atoms with Crippen molar-refractivity contribution in [3.63, 3.8) is 0 Å². The van der Waals surface area contributed by atoms with Gasteiger partial charge in [0.05, 0.1) is 18.5 Å². The molecule has 0 aliphatic carbocycles. The Kier molecular flexibility index (Phi) is 5.20. The maximum Gasteiger partial charge on any atom is 0.254 e. The van der Waals surface area contributed by atoms with E-state index in [1.54, 1.807) is 34.4 Å². The molecule has 0 fully saturated rings. The zero-order valence-corrected chi connectivity index (χ0v) is 16.5. The highest BCUT2D eigenvalue weighted by molar-refractivity contribution is 7.92. The van der Waals surface area contributed by atoms with E-state index in [9.17, 15) is 13.2 Å². The monoisotopic (exact) mass is 390 g/mol. The normalized spacial score (nSPS) is 16.4. The average molecular weight is 391 g/mol. The first-order chi connectivity index (χ1) is 12.3. The summed E-state index contributed by atoms with van der Waals surface area (Å²) >= 11 is 1.61. The number of thiophene rings is 1. The Labute approximate surface area is 158 Å². The van der Waals surface area contributed by atoms with Crippen LogP contribution >= 0.6 is 11.3 Å². The van der Waals surface area contributed by atoms with Gasteiger partial charge in [0.25, 0.3) is 5.91 Å². The largest absolute Gasteiger partial charge is 0.330 e. The zero-order chi connectivity index (χ0) is 18.9. The van der Waals surface area contributed by atoms with Crippen molar-refractivity contribution in [2.24, 2.45) is 0 Å². The van der Waals surface area contributed by atoms with Crippen LogP contribution in [0.25, 0.3) is 0 Å². The molecule has 0 saturated carbocycles. The summed E-state index contributed by atoms with van der Waals surface area (Å²) in [6.07, 6.45) is 3.53. The molecule has 2 heterocycles. The van der Waals surface area contributed by atoms with Crippen molar-refractivity contribution in [3.8, 4) is 0 Å². The van der Waals surface area contributed by atoms with E-state index < -0.39 is 10.0 Å². The summed E-state index contributed by atoms with van der Waals surface area (Å²) in [5, 5.41) is 1.99. The first-order valence-electron chi connectivity index (χ1n) is 8.36. The summed E-state index contributed by atoms with van der Waals surface area (Å²) in [4.78, 5) is 15.8. The molecule has 2 aromatic rings. The minimum absolute atomic E-state index is 0.0773. The van der Waals surface area contributed by atoms with Gasteiger partial charge in [-0.05, 0) is 48.6 Å². The molecule has 1 aromatic carbocycles. The number of hydrogen-bond donors (Lipinski definition) is 0. The van der Waals surface area contributed by atoms with Crippen molar-refractivity contribution in [3.05, 3.63) is 64.4 Å². The average Bonchev–Trinajstić information content (AvgIpc) is 3.18. The van der Waals surface area contributed by atoms with E-state index in [0.717, 1.165) is 10.4 Å². The first-order valence-corrected chi connectivity index (χ1v) is 11.1. The van der Waals surface area contributed by atoms with E-state index >= 15 is 0 Å². The van der Waals surface area contributed by atoms with Crippen LogP contribution in [0.2, 0.25) is 0 Å². The number of hydrogen-bond acceptors (Lipinski definition) is 4. The molecule has 26 heavy (non-hydrogen) atoms. The van der Waals surface area contributed by atoms with Gasteiger partial charge in [-0.3, -0.25) is 9.10 Å². The Morgan fingerprint density at radius 2 is 2.19 bits per heavy atom. The molecule has 138 valence electrons. The van der Waals surface area contributed by atoms with Crippen LogP contribution in [0.5, 0.6) is 0 Å². The molecule has 0 radical (unpaired) electrons. The van der Waals surface area contributed by atoms with Crippen molar-refractivity contribution < 1.29 is 13.2 Å². The second kappa shape index (κ2) is 7.25. The number of carbonyl (C=O) groups is 1. The Hall–Kier alpha value is -2.12. The standard InChI is InChI=1S/C19H22N2O3S2/c1-4-9-20(13-17-6-5-10-25-17)19(22)15-7-8-18-16(12-15)11-14(2)21(18)26(3,23)24/h4-8,10,12,14H,1,9,11,13H2,2-3H3. The topological polar surface area (TPSA) is 57.7 Å². The molecule has 1 aliphatic rings. The van der Waals surface area contributed by atoms with Gasteiger partial charge in [0.1, 0.15) is 0 Å². The molecule has 5 nitrogen and oxygen atoms in total.